The Morgan fingerprint density at radius 2 is 1.80 bits per heavy atom. The van der Waals surface area contributed by atoms with Crippen LogP contribution in [0.2, 0.25) is 0 Å². The predicted octanol–water partition coefficient (Wildman–Crippen LogP) is 5.31. The van der Waals surface area contributed by atoms with Gasteiger partial charge in [-0.15, -0.1) is 0 Å². The first-order chi connectivity index (χ1) is 16.5. The molecule has 0 spiro atoms. The van der Waals surface area contributed by atoms with Gasteiger partial charge in [-0.2, -0.15) is 0 Å². The third kappa shape index (κ3) is 5.49. The molecular weight excluding hydrogens is 455 g/mol. The summed E-state index contributed by atoms with van der Waals surface area (Å²) in [5.74, 6) is 6.50. The molecule has 1 atom stereocenters. The van der Waals surface area contributed by atoms with Crippen LogP contribution in [0, 0.1) is 24.6 Å². The number of benzene rings is 1. The van der Waals surface area contributed by atoms with Gasteiger partial charge in [-0.25, -0.2) is 28.1 Å². The van der Waals surface area contributed by atoms with E-state index in [1.54, 1.807) is 27.7 Å². The minimum atomic E-state index is -2.91. The first-order valence-electron chi connectivity index (χ1n) is 11.6. The molecule has 0 bridgehead atoms. The SMILES string of the molecule is Cc1nc(N[C@H](C)c2cccc(C(F)F)c2F)c2cc(C#CC(C)(C)O)c(N3CCCC3)nc2n1. The van der Waals surface area contributed by atoms with E-state index in [1.807, 2.05) is 6.07 Å². The number of nitrogens with zero attached hydrogens (tertiary/aromatic N) is 4. The summed E-state index contributed by atoms with van der Waals surface area (Å²) in [4.78, 5) is 15.9. The molecule has 0 amide bonds. The molecule has 0 saturated carbocycles. The summed E-state index contributed by atoms with van der Waals surface area (Å²) in [5.41, 5.74) is -0.652. The lowest BCUT2D eigenvalue weighted by Crippen LogP contribution is -2.21. The van der Waals surface area contributed by atoms with Gasteiger partial charge >= 0.3 is 0 Å². The highest BCUT2D eigenvalue weighted by Gasteiger charge is 2.23. The van der Waals surface area contributed by atoms with Crippen molar-refractivity contribution in [1.29, 1.82) is 0 Å². The van der Waals surface area contributed by atoms with Crippen LogP contribution < -0.4 is 10.2 Å². The normalized spacial score (nSPS) is 14.8. The van der Waals surface area contributed by atoms with Crippen molar-refractivity contribution in [2.24, 2.45) is 0 Å². The van der Waals surface area contributed by atoms with E-state index in [9.17, 15) is 18.3 Å². The lowest BCUT2D eigenvalue weighted by molar-refractivity contribution is 0.143. The minimum absolute atomic E-state index is 0.107. The smallest absolute Gasteiger partial charge is 0.266 e. The van der Waals surface area contributed by atoms with Gasteiger partial charge in [0.25, 0.3) is 6.43 Å². The second-order valence-corrected chi connectivity index (χ2v) is 9.27. The number of pyridine rings is 1. The number of anilines is 2. The third-order valence-electron chi connectivity index (χ3n) is 5.80. The fraction of sp³-hybridized carbons (Fsp3) is 0.423. The fourth-order valence-electron chi connectivity index (χ4n) is 4.10. The van der Waals surface area contributed by atoms with Crippen LogP contribution in [0.1, 0.15) is 68.6 Å². The summed E-state index contributed by atoms with van der Waals surface area (Å²) >= 11 is 0. The van der Waals surface area contributed by atoms with Crippen LogP contribution in [-0.4, -0.2) is 38.7 Å². The number of aromatic nitrogens is 3. The monoisotopic (exact) mass is 483 g/mol. The average molecular weight is 484 g/mol. The maximum Gasteiger partial charge on any atom is 0.266 e. The lowest BCUT2D eigenvalue weighted by Gasteiger charge is -2.21. The van der Waals surface area contributed by atoms with Crippen LogP contribution in [0.4, 0.5) is 24.8 Å². The maximum absolute atomic E-state index is 14.8. The molecular formula is C26H28F3N5O. The molecule has 0 radical (unpaired) electrons. The summed E-state index contributed by atoms with van der Waals surface area (Å²) in [6.45, 7) is 8.31. The Bertz CT molecular complexity index is 1300. The van der Waals surface area contributed by atoms with Gasteiger partial charge in [-0.3, -0.25) is 0 Å². The molecule has 2 aromatic heterocycles. The molecule has 0 unspecified atom stereocenters. The summed E-state index contributed by atoms with van der Waals surface area (Å²) in [6, 6.07) is 5.12. The Balaban J connectivity index is 1.81. The zero-order chi connectivity index (χ0) is 25.3. The minimum Gasteiger partial charge on any atom is -0.378 e. The summed E-state index contributed by atoms with van der Waals surface area (Å²) in [5, 5.41) is 13.9. The van der Waals surface area contributed by atoms with Gasteiger partial charge in [-0.05, 0) is 46.6 Å². The number of fused-ring (bicyclic) bond motifs is 1. The van der Waals surface area contributed by atoms with Crippen LogP contribution >= 0.6 is 0 Å². The van der Waals surface area contributed by atoms with E-state index in [0.29, 0.717) is 34.1 Å². The average Bonchev–Trinajstić information content (AvgIpc) is 3.31. The van der Waals surface area contributed by atoms with Crippen molar-refractivity contribution in [3.8, 4) is 11.8 Å². The molecule has 2 N–H and O–H groups in total. The van der Waals surface area contributed by atoms with E-state index in [1.165, 1.54) is 12.1 Å². The van der Waals surface area contributed by atoms with Gasteiger partial charge in [0.2, 0.25) is 0 Å². The zero-order valence-electron chi connectivity index (χ0n) is 20.2. The van der Waals surface area contributed by atoms with Crippen LogP contribution in [0.25, 0.3) is 11.0 Å². The quantitative estimate of drug-likeness (QED) is 0.480. The molecule has 1 aromatic carbocycles. The maximum atomic E-state index is 14.8. The Kier molecular flexibility index (Phi) is 6.86. The van der Waals surface area contributed by atoms with Gasteiger partial charge in [0.15, 0.2) is 5.65 Å². The second-order valence-electron chi connectivity index (χ2n) is 9.27. The van der Waals surface area contributed by atoms with E-state index in [4.69, 9.17) is 4.98 Å². The van der Waals surface area contributed by atoms with Crippen molar-refractivity contribution in [2.45, 2.75) is 58.6 Å². The number of aliphatic hydroxyl groups is 1. The van der Waals surface area contributed by atoms with Crippen molar-refractivity contribution >= 4 is 22.7 Å². The highest BCUT2D eigenvalue weighted by molar-refractivity contribution is 5.90. The first-order valence-corrected chi connectivity index (χ1v) is 11.6. The van der Waals surface area contributed by atoms with E-state index in [-0.39, 0.29) is 5.56 Å². The topological polar surface area (TPSA) is 74.2 Å². The van der Waals surface area contributed by atoms with E-state index in [2.05, 4.69) is 32.0 Å². The summed E-state index contributed by atoms with van der Waals surface area (Å²) in [7, 11) is 0. The van der Waals surface area contributed by atoms with Crippen molar-refractivity contribution < 1.29 is 18.3 Å². The van der Waals surface area contributed by atoms with Gasteiger partial charge in [0.1, 0.15) is 28.9 Å². The Labute approximate surface area is 202 Å². The fourth-order valence-corrected chi connectivity index (χ4v) is 4.10. The molecule has 1 fully saturated rings. The standard InChI is InChI=1S/C26H28F3N5O/c1-15(18-8-7-9-19(21(18)27)22(28)29)30-23-20-14-17(10-11-26(3,4)35)25(34-12-5-6-13-34)33-24(20)32-16(2)31-23/h7-9,14-15,22,35H,5-6,12-13H2,1-4H3,(H,30,31,32,33)/t15-/m1/s1. The van der Waals surface area contributed by atoms with E-state index >= 15 is 0 Å². The molecule has 3 heterocycles. The molecule has 184 valence electrons. The van der Waals surface area contributed by atoms with Crippen LogP contribution in [-0.2, 0) is 0 Å². The highest BCUT2D eigenvalue weighted by atomic mass is 19.3. The number of rotatable bonds is 5. The summed E-state index contributed by atoms with van der Waals surface area (Å²) < 4.78 is 41.2. The molecule has 4 rings (SSSR count). The van der Waals surface area contributed by atoms with E-state index < -0.39 is 29.4 Å². The molecule has 1 aliphatic heterocycles. The largest absolute Gasteiger partial charge is 0.378 e. The Morgan fingerprint density at radius 3 is 2.46 bits per heavy atom. The number of aryl methyl sites for hydroxylation is 1. The number of halogens is 3. The van der Waals surface area contributed by atoms with Crippen molar-refractivity contribution in [1.82, 2.24) is 15.0 Å². The number of nitrogens with one attached hydrogen (secondary N) is 1. The summed E-state index contributed by atoms with van der Waals surface area (Å²) in [6.07, 6.45) is -0.808. The van der Waals surface area contributed by atoms with Crippen molar-refractivity contribution in [2.75, 3.05) is 23.3 Å². The third-order valence-corrected chi connectivity index (χ3v) is 5.80. The molecule has 3 aromatic rings. The van der Waals surface area contributed by atoms with Crippen LogP contribution in [0.15, 0.2) is 24.3 Å². The molecule has 1 saturated heterocycles. The molecule has 1 aliphatic rings. The second kappa shape index (κ2) is 9.70. The number of hydrogen-bond acceptors (Lipinski definition) is 6. The number of alkyl halides is 2. The van der Waals surface area contributed by atoms with Gasteiger partial charge in [0.05, 0.1) is 22.6 Å². The van der Waals surface area contributed by atoms with Crippen molar-refractivity contribution in [3.05, 3.63) is 52.6 Å². The molecule has 9 heteroatoms. The van der Waals surface area contributed by atoms with Crippen LogP contribution in [0.3, 0.4) is 0 Å². The first kappa shape index (κ1) is 24.7. The van der Waals surface area contributed by atoms with Gasteiger partial charge in [-0.1, -0.05) is 30.0 Å². The Hall–Kier alpha value is -3.38. The Morgan fingerprint density at radius 1 is 1.11 bits per heavy atom. The number of hydrogen-bond donors (Lipinski definition) is 2. The highest BCUT2D eigenvalue weighted by Crippen LogP contribution is 2.32. The van der Waals surface area contributed by atoms with Gasteiger partial charge in [0, 0.05) is 18.7 Å². The molecule has 0 aliphatic carbocycles. The zero-order valence-corrected chi connectivity index (χ0v) is 20.2. The lowest BCUT2D eigenvalue weighted by atomic mass is 10.0. The van der Waals surface area contributed by atoms with E-state index in [0.717, 1.165) is 32.0 Å². The molecule has 35 heavy (non-hydrogen) atoms. The molecule has 6 nitrogen and oxygen atoms in total. The van der Waals surface area contributed by atoms with Crippen LogP contribution in [0.5, 0.6) is 0 Å². The van der Waals surface area contributed by atoms with Crippen molar-refractivity contribution in [3.63, 3.8) is 0 Å². The predicted molar refractivity (Wildman–Crippen MR) is 130 cm³/mol. The van der Waals surface area contributed by atoms with Gasteiger partial charge < -0.3 is 15.3 Å².